The van der Waals surface area contributed by atoms with E-state index in [9.17, 15) is 29.8 Å². The molecule has 0 aromatic rings. The second-order valence-corrected chi connectivity index (χ2v) is 6.64. The maximum atomic E-state index is 11.7. The van der Waals surface area contributed by atoms with Gasteiger partial charge in [0, 0.05) is 26.2 Å². The van der Waals surface area contributed by atoms with Gasteiger partial charge < -0.3 is 40.3 Å². The first-order valence-corrected chi connectivity index (χ1v) is 9.04. The van der Waals surface area contributed by atoms with Crippen molar-refractivity contribution in [3.63, 3.8) is 0 Å². The highest BCUT2D eigenvalue weighted by Crippen LogP contribution is 2.10. The molecule has 0 aliphatic carbocycles. The zero-order valence-electron chi connectivity index (χ0n) is 16.3. The molecule has 1 atom stereocenters. The molecule has 27 heavy (non-hydrogen) atoms. The van der Waals surface area contributed by atoms with Crippen LogP contribution in [0.25, 0.3) is 0 Å². The van der Waals surface area contributed by atoms with Crippen LogP contribution < -0.4 is 10.5 Å². The highest BCUT2D eigenvalue weighted by atomic mass is 16.4. The first-order valence-electron chi connectivity index (χ1n) is 9.04. The summed E-state index contributed by atoms with van der Waals surface area (Å²) in [5.74, 6) is -2.15. The number of carbonyl (C=O) groups is 2. The third-order valence-electron chi connectivity index (χ3n) is 3.93. The molecular weight excluding hydrogens is 351 g/mol. The Bertz CT molecular complexity index is 447. The molecule has 0 aliphatic rings. The van der Waals surface area contributed by atoms with Crippen LogP contribution >= 0.6 is 0 Å². The molecule has 10 nitrogen and oxygen atoms in total. The number of aliphatic carboxylic acids is 1. The number of hydrogen-bond donors (Lipinski definition) is 6. The number of carboxylic acids is 1. The van der Waals surface area contributed by atoms with Gasteiger partial charge in [-0.1, -0.05) is 0 Å². The highest BCUT2D eigenvalue weighted by Gasteiger charge is 2.25. The molecule has 2 radical (unpaired) electrons. The maximum absolute atomic E-state index is 11.7. The Morgan fingerprint density at radius 3 is 1.93 bits per heavy atom. The molecule has 0 aromatic carbocycles. The standard InChI is InChI=1S/C13H30B4N4O6/c1-15(25)18-4-6-20(13(14)24)9-11(8-12(22)23)10-21(17(3)27)7-5-19-16(2)26/h11,18-19,25-27H,4-10H2,1-3H3,(H,22,23). The quantitative estimate of drug-likeness (QED) is 0.169. The number of nitrogens with one attached hydrogen (secondary N) is 2. The van der Waals surface area contributed by atoms with Gasteiger partial charge in [-0.2, -0.15) is 0 Å². The Labute approximate surface area is 163 Å². The summed E-state index contributed by atoms with van der Waals surface area (Å²) in [6.07, 6.45) is -0.194. The molecule has 0 bridgehead atoms. The van der Waals surface area contributed by atoms with E-state index in [2.05, 4.69) is 10.5 Å². The topological polar surface area (TPSA) is 146 Å². The fourth-order valence-electron chi connectivity index (χ4n) is 2.62. The van der Waals surface area contributed by atoms with Crippen molar-refractivity contribution in [2.75, 3.05) is 39.3 Å². The van der Waals surface area contributed by atoms with Gasteiger partial charge in [-0.15, -0.1) is 0 Å². The van der Waals surface area contributed by atoms with Crippen LogP contribution in [0.5, 0.6) is 0 Å². The van der Waals surface area contributed by atoms with E-state index in [4.69, 9.17) is 7.85 Å². The normalized spacial score (nSPS) is 12.0. The SMILES string of the molecule is [B]C(=O)N(CCNB(C)O)CC(CC(=O)O)CN(CCNB(C)O)B(C)O. The van der Waals surface area contributed by atoms with Gasteiger partial charge in [0.15, 0.2) is 5.81 Å². The summed E-state index contributed by atoms with van der Waals surface area (Å²) in [5, 5.41) is 43.2. The predicted molar refractivity (Wildman–Crippen MR) is 108 cm³/mol. The second kappa shape index (κ2) is 14.0. The van der Waals surface area contributed by atoms with E-state index < -0.39 is 38.8 Å². The van der Waals surface area contributed by atoms with Gasteiger partial charge in [-0.05, 0) is 39.5 Å². The molecule has 0 heterocycles. The molecule has 0 aliphatic heterocycles. The average molecular weight is 382 g/mol. The van der Waals surface area contributed by atoms with E-state index in [-0.39, 0.29) is 26.1 Å². The Morgan fingerprint density at radius 1 is 1.00 bits per heavy atom. The largest absolute Gasteiger partial charge is 0.481 e. The van der Waals surface area contributed by atoms with Crippen LogP contribution in [0.15, 0.2) is 0 Å². The molecule has 14 heteroatoms. The molecule has 0 aromatic heterocycles. The van der Waals surface area contributed by atoms with Crippen molar-refractivity contribution < 1.29 is 29.8 Å². The fraction of sp³-hybridized carbons (Fsp3) is 0.846. The number of hydrogen-bond acceptors (Lipinski definition) is 8. The molecule has 0 saturated carbocycles. The fourth-order valence-corrected chi connectivity index (χ4v) is 2.62. The minimum absolute atomic E-state index is 0.107. The van der Waals surface area contributed by atoms with Gasteiger partial charge in [-0.3, -0.25) is 9.59 Å². The Morgan fingerprint density at radius 2 is 1.52 bits per heavy atom. The molecular formula is C13H30B4N4O6. The molecule has 0 spiro atoms. The minimum atomic E-state index is -1.01. The molecule has 0 fully saturated rings. The first kappa shape index (κ1) is 26.0. The summed E-state index contributed by atoms with van der Waals surface area (Å²) in [6, 6.07) is 0. The molecule has 0 saturated heterocycles. The van der Waals surface area contributed by atoms with Crippen LogP contribution in [-0.4, -0.2) is 110 Å². The number of carboxylic acid groups (broad SMARTS) is 1. The summed E-state index contributed by atoms with van der Waals surface area (Å²) in [7, 11) is 3.14. The van der Waals surface area contributed by atoms with Gasteiger partial charge in [0.1, 0.15) is 0 Å². The molecule has 0 rings (SSSR count). The lowest BCUT2D eigenvalue weighted by molar-refractivity contribution is -0.138. The van der Waals surface area contributed by atoms with Crippen molar-refractivity contribution in [2.45, 2.75) is 26.9 Å². The zero-order chi connectivity index (χ0) is 21.0. The van der Waals surface area contributed by atoms with Crippen LogP contribution in [0.2, 0.25) is 20.5 Å². The molecule has 150 valence electrons. The predicted octanol–water partition coefficient (Wildman–Crippen LogP) is -2.52. The third-order valence-corrected chi connectivity index (χ3v) is 3.93. The Hall–Kier alpha value is -1.04. The van der Waals surface area contributed by atoms with Crippen LogP contribution in [0.1, 0.15) is 6.42 Å². The van der Waals surface area contributed by atoms with Gasteiger partial charge in [0.2, 0.25) is 7.85 Å². The summed E-state index contributed by atoms with van der Waals surface area (Å²) in [5.41, 5.74) is 0. The van der Waals surface area contributed by atoms with E-state index in [0.717, 1.165) is 0 Å². The molecule has 1 amide bonds. The van der Waals surface area contributed by atoms with E-state index in [1.54, 1.807) is 25.3 Å². The Balaban J connectivity index is 4.92. The summed E-state index contributed by atoms with van der Waals surface area (Å²) >= 11 is 0. The van der Waals surface area contributed by atoms with Crippen LogP contribution in [0, 0.1) is 5.92 Å². The van der Waals surface area contributed by atoms with Crippen LogP contribution in [0.3, 0.4) is 0 Å². The van der Waals surface area contributed by atoms with Crippen molar-refractivity contribution >= 4 is 40.8 Å². The van der Waals surface area contributed by atoms with Crippen molar-refractivity contribution in [3.05, 3.63) is 0 Å². The monoisotopic (exact) mass is 382 g/mol. The van der Waals surface area contributed by atoms with Gasteiger partial charge in [0.25, 0.3) is 0 Å². The maximum Gasteiger partial charge on any atom is 0.376 e. The van der Waals surface area contributed by atoms with Crippen LogP contribution in [0.4, 0.5) is 4.79 Å². The minimum Gasteiger partial charge on any atom is -0.481 e. The molecule has 1 unspecified atom stereocenters. The van der Waals surface area contributed by atoms with E-state index in [0.29, 0.717) is 19.6 Å². The van der Waals surface area contributed by atoms with Gasteiger partial charge in [0.05, 0.1) is 6.42 Å². The van der Waals surface area contributed by atoms with Crippen molar-refractivity contribution in [1.82, 2.24) is 20.2 Å². The Kier molecular flexibility index (Phi) is 13.5. The van der Waals surface area contributed by atoms with E-state index in [1.165, 1.54) is 4.90 Å². The number of amides is 1. The number of nitrogens with zero attached hydrogens (tertiary/aromatic N) is 2. The number of rotatable bonds is 15. The van der Waals surface area contributed by atoms with E-state index >= 15 is 0 Å². The van der Waals surface area contributed by atoms with Crippen molar-refractivity contribution in [2.24, 2.45) is 5.92 Å². The lowest BCUT2D eigenvalue weighted by atomic mass is 9.82. The van der Waals surface area contributed by atoms with Crippen molar-refractivity contribution in [1.29, 1.82) is 0 Å². The first-order chi connectivity index (χ1) is 12.5. The average Bonchev–Trinajstić information content (AvgIpc) is 2.51. The van der Waals surface area contributed by atoms with Gasteiger partial charge >= 0.3 is 27.1 Å². The summed E-state index contributed by atoms with van der Waals surface area (Å²) in [4.78, 5) is 25.9. The van der Waals surface area contributed by atoms with Crippen LogP contribution in [-0.2, 0) is 4.79 Å². The summed E-state index contributed by atoms with van der Waals surface area (Å²) in [6.45, 7) is 6.34. The number of carbonyl (C=O) groups excluding carboxylic acids is 1. The lowest BCUT2D eigenvalue weighted by Gasteiger charge is -2.32. The van der Waals surface area contributed by atoms with Crippen molar-refractivity contribution in [3.8, 4) is 0 Å². The third kappa shape index (κ3) is 13.7. The van der Waals surface area contributed by atoms with E-state index in [1.807, 2.05) is 0 Å². The second-order valence-electron chi connectivity index (χ2n) is 6.64. The summed E-state index contributed by atoms with van der Waals surface area (Å²) < 4.78 is 0. The highest BCUT2D eigenvalue weighted by molar-refractivity contribution is 6.56. The smallest absolute Gasteiger partial charge is 0.376 e. The van der Waals surface area contributed by atoms with Gasteiger partial charge in [-0.25, -0.2) is 0 Å². The molecule has 6 N–H and O–H groups in total. The zero-order valence-corrected chi connectivity index (χ0v) is 16.3. The lowest BCUT2D eigenvalue weighted by Crippen LogP contribution is -2.49.